The summed E-state index contributed by atoms with van der Waals surface area (Å²) in [4.78, 5) is 22.0. The Labute approximate surface area is 118 Å². The molecule has 0 aliphatic rings. The van der Waals surface area contributed by atoms with E-state index in [0.717, 1.165) is 18.2 Å². The maximum atomic E-state index is 13.1. The molecular formula is C12H14BrFN2O3. The number of hydrogen-bond donors (Lipinski definition) is 1. The van der Waals surface area contributed by atoms with Crippen LogP contribution in [0.2, 0.25) is 0 Å². The second-order valence-corrected chi connectivity index (χ2v) is 5.56. The lowest BCUT2D eigenvalue weighted by Crippen LogP contribution is -2.32. The van der Waals surface area contributed by atoms with Crippen LogP contribution in [0.1, 0.15) is 24.2 Å². The van der Waals surface area contributed by atoms with Crippen LogP contribution in [0.5, 0.6) is 0 Å². The summed E-state index contributed by atoms with van der Waals surface area (Å²) >= 11 is 3.38. The molecule has 1 atom stereocenters. The molecule has 0 saturated carbocycles. The number of carbonyl (C=O) groups is 1. The normalized spacial score (nSPS) is 12.3. The van der Waals surface area contributed by atoms with Crippen molar-refractivity contribution in [1.29, 1.82) is 0 Å². The van der Waals surface area contributed by atoms with Crippen LogP contribution >= 0.6 is 15.9 Å². The van der Waals surface area contributed by atoms with E-state index in [1.165, 1.54) is 0 Å². The smallest absolute Gasteiger partial charge is 0.282 e. The van der Waals surface area contributed by atoms with E-state index in [1.807, 2.05) is 13.8 Å². The summed E-state index contributed by atoms with van der Waals surface area (Å²) in [6, 6.07) is 2.81. The molecule has 5 nitrogen and oxygen atoms in total. The summed E-state index contributed by atoms with van der Waals surface area (Å²) in [5, 5.41) is 13.3. The average Bonchev–Trinajstić information content (AvgIpc) is 2.34. The summed E-state index contributed by atoms with van der Waals surface area (Å²) in [5.41, 5.74) is -0.678. The van der Waals surface area contributed by atoms with E-state index >= 15 is 0 Å². The number of alkyl halides is 1. The highest BCUT2D eigenvalue weighted by molar-refractivity contribution is 9.09. The summed E-state index contributed by atoms with van der Waals surface area (Å²) in [7, 11) is 0. The van der Waals surface area contributed by atoms with Gasteiger partial charge in [-0.15, -0.1) is 0 Å². The van der Waals surface area contributed by atoms with Crippen LogP contribution in [0, 0.1) is 21.8 Å². The maximum Gasteiger partial charge on any atom is 0.282 e. The Morgan fingerprint density at radius 3 is 2.68 bits per heavy atom. The van der Waals surface area contributed by atoms with Gasteiger partial charge in [0.15, 0.2) is 0 Å². The standard InChI is InChI=1S/C12H14BrFN2O3/c1-7(2)10(13)6-15-12(17)9-5-8(14)3-4-11(9)16(18)19/h3-5,7,10H,6H2,1-2H3,(H,15,17). The molecule has 1 aromatic carbocycles. The minimum atomic E-state index is -0.706. The molecule has 0 aliphatic heterocycles. The molecule has 0 radical (unpaired) electrons. The molecule has 104 valence electrons. The molecule has 0 aromatic heterocycles. The summed E-state index contributed by atoms with van der Waals surface area (Å²) in [6.45, 7) is 4.25. The Kier molecular flexibility index (Phi) is 5.41. The lowest BCUT2D eigenvalue weighted by molar-refractivity contribution is -0.385. The van der Waals surface area contributed by atoms with E-state index in [-0.39, 0.29) is 10.4 Å². The molecular weight excluding hydrogens is 319 g/mol. The first kappa shape index (κ1) is 15.6. The predicted octanol–water partition coefficient (Wildman–Crippen LogP) is 2.88. The Morgan fingerprint density at radius 2 is 2.16 bits per heavy atom. The van der Waals surface area contributed by atoms with Crippen molar-refractivity contribution in [2.24, 2.45) is 5.92 Å². The Bertz CT molecular complexity index is 494. The molecule has 0 saturated heterocycles. The molecule has 0 aliphatic carbocycles. The number of halogens is 2. The van der Waals surface area contributed by atoms with Gasteiger partial charge in [-0.25, -0.2) is 4.39 Å². The van der Waals surface area contributed by atoms with Crippen molar-refractivity contribution >= 4 is 27.5 Å². The van der Waals surface area contributed by atoms with Gasteiger partial charge in [0.1, 0.15) is 11.4 Å². The van der Waals surface area contributed by atoms with Gasteiger partial charge in [0, 0.05) is 17.4 Å². The number of carbonyl (C=O) groups excluding carboxylic acids is 1. The quantitative estimate of drug-likeness (QED) is 0.512. The van der Waals surface area contributed by atoms with Crippen LogP contribution in [-0.2, 0) is 0 Å². The molecule has 0 heterocycles. The van der Waals surface area contributed by atoms with Crippen LogP contribution in [0.3, 0.4) is 0 Å². The molecule has 7 heteroatoms. The molecule has 19 heavy (non-hydrogen) atoms. The minimum Gasteiger partial charge on any atom is -0.351 e. The number of amides is 1. The third-order valence-corrected chi connectivity index (χ3v) is 3.96. The second-order valence-electron chi connectivity index (χ2n) is 4.39. The highest BCUT2D eigenvalue weighted by Crippen LogP contribution is 2.19. The van der Waals surface area contributed by atoms with Gasteiger partial charge in [-0.05, 0) is 18.1 Å². The number of hydrogen-bond acceptors (Lipinski definition) is 3. The van der Waals surface area contributed by atoms with Crippen molar-refractivity contribution in [3.8, 4) is 0 Å². The number of nitro groups is 1. The number of nitro benzene ring substituents is 1. The van der Waals surface area contributed by atoms with Crippen molar-refractivity contribution < 1.29 is 14.1 Å². The largest absolute Gasteiger partial charge is 0.351 e. The van der Waals surface area contributed by atoms with E-state index < -0.39 is 22.3 Å². The zero-order valence-corrected chi connectivity index (χ0v) is 12.1. The van der Waals surface area contributed by atoms with Crippen LogP contribution < -0.4 is 5.32 Å². The SMILES string of the molecule is CC(C)C(Br)CNC(=O)c1cc(F)ccc1[N+](=O)[O-]. The third kappa shape index (κ3) is 4.27. The first-order chi connectivity index (χ1) is 8.82. The summed E-state index contributed by atoms with van der Waals surface area (Å²) in [5.74, 6) is -1.05. The number of nitrogens with zero attached hydrogens (tertiary/aromatic N) is 1. The van der Waals surface area contributed by atoms with Gasteiger partial charge >= 0.3 is 0 Å². The van der Waals surface area contributed by atoms with Crippen LogP contribution in [0.15, 0.2) is 18.2 Å². The van der Waals surface area contributed by atoms with Gasteiger partial charge in [-0.3, -0.25) is 14.9 Å². The zero-order valence-electron chi connectivity index (χ0n) is 10.5. The molecule has 0 fully saturated rings. The van der Waals surface area contributed by atoms with Crippen LogP contribution in [0.25, 0.3) is 0 Å². The van der Waals surface area contributed by atoms with Gasteiger partial charge in [-0.2, -0.15) is 0 Å². The van der Waals surface area contributed by atoms with E-state index in [1.54, 1.807) is 0 Å². The van der Waals surface area contributed by atoms with E-state index in [4.69, 9.17) is 0 Å². The molecule has 0 spiro atoms. The van der Waals surface area contributed by atoms with Crippen LogP contribution in [-0.4, -0.2) is 22.2 Å². The van der Waals surface area contributed by atoms with E-state index in [2.05, 4.69) is 21.2 Å². The highest BCUT2D eigenvalue weighted by atomic mass is 79.9. The van der Waals surface area contributed by atoms with Crippen molar-refractivity contribution in [3.63, 3.8) is 0 Å². The fourth-order valence-corrected chi connectivity index (χ4v) is 1.53. The first-order valence-electron chi connectivity index (χ1n) is 5.69. The summed E-state index contributed by atoms with van der Waals surface area (Å²) in [6.07, 6.45) is 0. The molecule has 1 aromatic rings. The average molecular weight is 333 g/mol. The molecule has 1 unspecified atom stereocenters. The van der Waals surface area contributed by atoms with Crippen molar-refractivity contribution in [3.05, 3.63) is 39.7 Å². The number of nitrogens with one attached hydrogen (secondary N) is 1. The molecule has 1 N–H and O–H groups in total. The van der Waals surface area contributed by atoms with Gasteiger partial charge in [0.25, 0.3) is 11.6 Å². The van der Waals surface area contributed by atoms with Gasteiger partial charge in [0.2, 0.25) is 0 Å². The summed E-state index contributed by atoms with van der Waals surface area (Å²) < 4.78 is 13.1. The van der Waals surface area contributed by atoms with Gasteiger partial charge in [0.05, 0.1) is 4.92 Å². The van der Waals surface area contributed by atoms with Crippen molar-refractivity contribution in [1.82, 2.24) is 5.32 Å². The third-order valence-electron chi connectivity index (χ3n) is 2.58. The lowest BCUT2D eigenvalue weighted by Gasteiger charge is -2.14. The first-order valence-corrected chi connectivity index (χ1v) is 6.60. The second kappa shape index (κ2) is 6.60. The topological polar surface area (TPSA) is 72.2 Å². The Hall–Kier alpha value is -1.50. The fourth-order valence-electron chi connectivity index (χ4n) is 1.37. The molecule has 0 bridgehead atoms. The van der Waals surface area contributed by atoms with E-state index in [9.17, 15) is 19.3 Å². The Morgan fingerprint density at radius 1 is 1.53 bits per heavy atom. The van der Waals surface area contributed by atoms with Gasteiger partial charge < -0.3 is 5.32 Å². The highest BCUT2D eigenvalue weighted by Gasteiger charge is 2.21. The monoisotopic (exact) mass is 332 g/mol. The zero-order chi connectivity index (χ0) is 14.6. The predicted molar refractivity (Wildman–Crippen MR) is 72.9 cm³/mol. The van der Waals surface area contributed by atoms with E-state index in [0.29, 0.717) is 12.5 Å². The van der Waals surface area contributed by atoms with Crippen LogP contribution in [0.4, 0.5) is 10.1 Å². The number of rotatable bonds is 5. The fraction of sp³-hybridized carbons (Fsp3) is 0.417. The lowest BCUT2D eigenvalue weighted by atomic mass is 10.1. The van der Waals surface area contributed by atoms with Gasteiger partial charge in [-0.1, -0.05) is 29.8 Å². The molecule has 1 amide bonds. The van der Waals surface area contributed by atoms with Crippen molar-refractivity contribution in [2.75, 3.05) is 6.54 Å². The Balaban J connectivity index is 2.87. The number of benzene rings is 1. The minimum absolute atomic E-state index is 0.0454. The van der Waals surface area contributed by atoms with Crippen molar-refractivity contribution in [2.45, 2.75) is 18.7 Å². The maximum absolute atomic E-state index is 13.1. The molecule has 1 rings (SSSR count).